The SMILES string of the molecule is CN1CCN(S(=O)(=O)c2ccc(N3CC4CCCCC4C3)nc2)CC1. The average molecular weight is 365 g/mol. The Morgan fingerprint density at radius 3 is 2.20 bits per heavy atom. The van der Waals surface area contributed by atoms with Crippen LogP contribution in [-0.2, 0) is 10.0 Å². The van der Waals surface area contributed by atoms with Crippen molar-refractivity contribution in [3.8, 4) is 0 Å². The van der Waals surface area contributed by atoms with Gasteiger partial charge in [-0.3, -0.25) is 0 Å². The number of pyridine rings is 1. The summed E-state index contributed by atoms with van der Waals surface area (Å²) in [6, 6.07) is 3.62. The summed E-state index contributed by atoms with van der Waals surface area (Å²) >= 11 is 0. The standard InChI is InChI=1S/C18H28N4O2S/c1-20-8-10-22(11-9-20)25(23,24)17-6-7-18(19-12-17)21-13-15-4-2-3-5-16(15)14-21/h6-7,12,15-16H,2-5,8-11,13-14H2,1H3. The molecule has 25 heavy (non-hydrogen) atoms. The Bertz CT molecular complexity index is 684. The van der Waals surface area contributed by atoms with Crippen LogP contribution >= 0.6 is 0 Å². The molecule has 1 aliphatic carbocycles. The maximum absolute atomic E-state index is 12.8. The van der Waals surface area contributed by atoms with Crippen molar-refractivity contribution in [2.75, 3.05) is 51.2 Å². The van der Waals surface area contributed by atoms with E-state index in [9.17, 15) is 8.42 Å². The quantitative estimate of drug-likeness (QED) is 0.816. The number of fused-ring (bicyclic) bond motifs is 1. The molecule has 0 radical (unpaired) electrons. The van der Waals surface area contributed by atoms with Crippen molar-refractivity contribution in [2.45, 2.75) is 30.6 Å². The Labute approximate surface area is 150 Å². The molecule has 0 spiro atoms. The number of likely N-dealkylation sites (N-methyl/N-ethyl adjacent to an activating group) is 1. The van der Waals surface area contributed by atoms with Gasteiger partial charge in [-0.15, -0.1) is 0 Å². The fourth-order valence-electron chi connectivity index (χ4n) is 4.48. The van der Waals surface area contributed by atoms with Gasteiger partial charge in [0.2, 0.25) is 10.0 Å². The molecular formula is C18H28N4O2S. The van der Waals surface area contributed by atoms with Gasteiger partial charge in [0, 0.05) is 45.5 Å². The van der Waals surface area contributed by atoms with Crippen LogP contribution in [0.1, 0.15) is 25.7 Å². The Hall–Kier alpha value is -1.18. The molecule has 4 rings (SSSR count). The number of hydrogen-bond acceptors (Lipinski definition) is 5. The van der Waals surface area contributed by atoms with Crippen molar-refractivity contribution < 1.29 is 8.42 Å². The lowest BCUT2D eigenvalue weighted by atomic mass is 9.82. The highest BCUT2D eigenvalue weighted by Gasteiger charge is 2.35. The van der Waals surface area contributed by atoms with Crippen LogP contribution in [0.4, 0.5) is 5.82 Å². The molecule has 0 aromatic carbocycles. The third-order valence-electron chi connectivity index (χ3n) is 6.12. The molecule has 0 N–H and O–H groups in total. The van der Waals surface area contributed by atoms with Gasteiger partial charge in [0.05, 0.1) is 0 Å². The summed E-state index contributed by atoms with van der Waals surface area (Å²) in [5.41, 5.74) is 0. The molecule has 1 aromatic rings. The van der Waals surface area contributed by atoms with E-state index in [1.165, 1.54) is 25.7 Å². The average Bonchev–Trinajstić information content (AvgIpc) is 3.06. The molecule has 138 valence electrons. The second-order valence-corrected chi connectivity index (χ2v) is 9.71. The fourth-order valence-corrected chi connectivity index (χ4v) is 5.85. The number of rotatable bonds is 3. The molecule has 3 heterocycles. The molecule has 3 aliphatic rings. The highest BCUT2D eigenvalue weighted by Crippen LogP contribution is 2.37. The lowest BCUT2D eigenvalue weighted by Gasteiger charge is -2.31. The zero-order chi connectivity index (χ0) is 17.4. The van der Waals surface area contributed by atoms with E-state index in [1.54, 1.807) is 16.6 Å². The van der Waals surface area contributed by atoms with Crippen LogP contribution < -0.4 is 4.90 Å². The summed E-state index contributed by atoms with van der Waals surface area (Å²) < 4.78 is 27.1. The minimum Gasteiger partial charge on any atom is -0.356 e. The van der Waals surface area contributed by atoms with Crippen molar-refractivity contribution in [1.82, 2.24) is 14.2 Å². The third-order valence-corrected chi connectivity index (χ3v) is 8.00. The summed E-state index contributed by atoms with van der Waals surface area (Å²) in [6.07, 6.45) is 6.91. The predicted octanol–water partition coefficient (Wildman–Crippen LogP) is 1.64. The summed E-state index contributed by atoms with van der Waals surface area (Å²) in [6.45, 7) is 4.80. The van der Waals surface area contributed by atoms with Crippen molar-refractivity contribution >= 4 is 15.8 Å². The van der Waals surface area contributed by atoms with Gasteiger partial charge in [0.15, 0.2) is 0 Å². The highest BCUT2D eigenvalue weighted by atomic mass is 32.2. The molecule has 0 amide bonds. The van der Waals surface area contributed by atoms with Gasteiger partial charge in [0.25, 0.3) is 0 Å². The van der Waals surface area contributed by atoms with Gasteiger partial charge in [-0.1, -0.05) is 12.8 Å². The molecule has 2 aliphatic heterocycles. The lowest BCUT2D eigenvalue weighted by molar-refractivity contribution is 0.222. The Morgan fingerprint density at radius 1 is 1.00 bits per heavy atom. The van der Waals surface area contributed by atoms with E-state index in [0.717, 1.165) is 43.8 Å². The second kappa shape index (κ2) is 6.85. The smallest absolute Gasteiger partial charge is 0.244 e. The van der Waals surface area contributed by atoms with Crippen LogP contribution in [0.25, 0.3) is 0 Å². The van der Waals surface area contributed by atoms with E-state index >= 15 is 0 Å². The maximum atomic E-state index is 12.8. The number of nitrogens with zero attached hydrogens (tertiary/aromatic N) is 4. The van der Waals surface area contributed by atoms with E-state index in [0.29, 0.717) is 18.0 Å². The topological polar surface area (TPSA) is 56.8 Å². The highest BCUT2D eigenvalue weighted by molar-refractivity contribution is 7.89. The van der Waals surface area contributed by atoms with Gasteiger partial charge in [-0.2, -0.15) is 4.31 Å². The van der Waals surface area contributed by atoms with E-state index in [4.69, 9.17) is 0 Å². The van der Waals surface area contributed by atoms with E-state index in [2.05, 4.69) is 14.8 Å². The Kier molecular flexibility index (Phi) is 4.73. The molecule has 7 heteroatoms. The first-order valence-electron chi connectivity index (χ1n) is 9.44. The molecular weight excluding hydrogens is 336 g/mol. The molecule has 2 saturated heterocycles. The molecule has 2 unspecified atom stereocenters. The van der Waals surface area contributed by atoms with Crippen LogP contribution in [0.2, 0.25) is 0 Å². The molecule has 3 fully saturated rings. The summed E-state index contributed by atoms with van der Waals surface area (Å²) in [4.78, 5) is 9.31. The van der Waals surface area contributed by atoms with Crippen molar-refractivity contribution in [3.63, 3.8) is 0 Å². The third kappa shape index (κ3) is 3.41. The van der Waals surface area contributed by atoms with E-state index in [1.807, 2.05) is 13.1 Å². The first-order chi connectivity index (χ1) is 12.0. The van der Waals surface area contributed by atoms with Crippen LogP contribution in [0.15, 0.2) is 23.2 Å². The largest absolute Gasteiger partial charge is 0.356 e. The summed E-state index contributed by atoms with van der Waals surface area (Å²) in [5, 5.41) is 0. The van der Waals surface area contributed by atoms with Gasteiger partial charge in [0.1, 0.15) is 10.7 Å². The second-order valence-electron chi connectivity index (χ2n) is 7.77. The zero-order valence-corrected chi connectivity index (χ0v) is 15.8. The summed E-state index contributed by atoms with van der Waals surface area (Å²) in [5.74, 6) is 2.51. The number of anilines is 1. The molecule has 1 saturated carbocycles. The van der Waals surface area contributed by atoms with Gasteiger partial charge >= 0.3 is 0 Å². The number of hydrogen-bond donors (Lipinski definition) is 0. The summed E-state index contributed by atoms with van der Waals surface area (Å²) in [7, 11) is -1.40. The normalized spacial score (nSPS) is 28.9. The van der Waals surface area contributed by atoms with Crippen LogP contribution in [-0.4, -0.2) is 68.9 Å². The molecule has 1 aromatic heterocycles. The minimum absolute atomic E-state index is 0.317. The molecule has 6 nitrogen and oxygen atoms in total. The van der Waals surface area contributed by atoms with E-state index in [-0.39, 0.29) is 0 Å². The van der Waals surface area contributed by atoms with Crippen LogP contribution in [0.5, 0.6) is 0 Å². The van der Waals surface area contributed by atoms with Gasteiger partial charge < -0.3 is 9.80 Å². The zero-order valence-electron chi connectivity index (χ0n) is 15.0. The first kappa shape index (κ1) is 17.2. The fraction of sp³-hybridized carbons (Fsp3) is 0.722. The van der Waals surface area contributed by atoms with Crippen molar-refractivity contribution in [3.05, 3.63) is 18.3 Å². The van der Waals surface area contributed by atoms with Crippen LogP contribution in [0.3, 0.4) is 0 Å². The van der Waals surface area contributed by atoms with Gasteiger partial charge in [-0.25, -0.2) is 13.4 Å². The van der Waals surface area contributed by atoms with Crippen molar-refractivity contribution in [1.29, 1.82) is 0 Å². The maximum Gasteiger partial charge on any atom is 0.244 e. The lowest BCUT2D eigenvalue weighted by Crippen LogP contribution is -2.47. The van der Waals surface area contributed by atoms with Gasteiger partial charge in [-0.05, 0) is 43.9 Å². The Morgan fingerprint density at radius 2 is 1.64 bits per heavy atom. The minimum atomic E-state index is -3.42. The predicted molar refractivity (Wildman–Crippen MR) is 98.2 cm³/mol. The molecule has 2 atom stereocenters. The molecule has 0 bridgehead atoms. The first-order valence-corrected chi connectivity index (χ1v) is 10.9. The number of piperazine rings is 1. The number of aromatic nitrogens is 1. The van der Waals surface area contributed by atoms with Crippen molar-refractivity contribution in [2.24, 2.45) is 11.8 Å². The van der Waals surface area contributed by atoms with E-state index < -0.39 is 10.0 Å². The van der Waals surface area contributed by atoms with Crippen LogP contribution in [0, 0.1) is 11.8 Å². The number of sulfonamides is 1. The monoisotopic (exact) mass is 364 g/mol. The Balaban J connectivity index is 1.46.